The average molecular weight is 354 g/mol. The monoisotopic (exact) mass is 354 g/mol. The quantitative estimate of drug-likeness (QED) is 0.865. The number of nitrogens with one attached hydrogen (secondary N) is 1. The summed E-state index contributed by atoms with van der Waals surface area (Å²) in [7, 11) is 0. The molecule has 2 fully saturated rings. The van der Waals surface area contributed by atoms with Gasteiger partial charge < -0.3 is 19.7 Å². The topological polar surface area (TPSA) is 83.4 Å². The molecule has 8 nitrogen and oxygen atoms in total. The van der Waals surface area contributed by atoms with E-state index in [0.29, 0.717) is 32.5 Å². The highest BCUT2D eigenvalue weighted by Crippen LogP contribution is 2.19. The zero-order valence-electron chi connectivity index (χ0n) is 14.5. The summed E-state index contributed by atoms with van der Waals surface area (Å²) in [6.45, 7) is 3.29. The molecule has 8 heteroatoms. The van der Waals surface area contributed by atoms with Gasteiger partial charge in [0.2, 0.25) is 11.8 Å². The summed E-state index contributed by atoms with van der Waals surface area (Å²) >= 11 is 0. The molecule has 0 aromatic carbocycles. The molecule has 0 bridgehead atoms. The Morgan fingerprint density at radius 1 is 1.08 bits per heavy atom. The minimum absolute atomic E-state index is 0.0427. The normalized spacial score (nSPS) is 20.8. The Labute approximate surface area is 151 Å². The first kappa shape index (κ1) is 16.6. The van der Waals surface area contributed by atoms with Crippen LogP contribution in [-0.4, -0.2) is 64.0 Å². The highest BCUT2D eigenvalue weighted by Gasteiger charge is 2.30. The second-order valence-corrected chi connectivity index (χ2v) is 6.68. The summed E-state index contributed by atoms with van der Waals surface area (Å²) in [6.07, 6.45) is 6.57. The predicted molar refractivity (Wildman–Crippen MR) is 95.9 cm³/mol. The van der Waals surface area contributed by atoms with Crippen molar-refractivity contribution in [3.63, 3.8) is 0 Å². The summed E-state index contributed by atoms with van der Waals surface area (Å²) in [6, 6.07) is 5.88. The van der Waals surface area contributed by atoms with Crippen molar-refractivity contribution >= 4 is 17.6 Å². The van der Waals surface area contributed by atoms with Crippen LogP contribution < -0.4 is 10.2 Å². The first-order chi connectivity index (χ1) is 12.7. The highest BCUT2D eigenvalue weighted by atomic mass is 16.2. The van der Waals surface area contributed by atoms with Crippen molar-refractivity contribution in [3.05, 3.63) is 36.9 Å². The zero-order chi connectivity index (χ0) is 17.9. The molecular weight excluding hydrogens is 332 g/mol. The van der Waals surface area contributed by atoms with Crippen molar-refractivity contribution in [1.29, 1.82) is 0 Å². The average Bonchev–Trinajstić information content (AvgIpc) is 3.23. The van der Waals surface area contributed by atoms with Crippen LogP contribution in [0.4, 0.5) is 5.82 Å². The molecule has 4 heterocycles. The fraction of sp³-hybridized carbons (Fsp3) is 0.444. The van der Waals surface area contributed by atoms with Crippen molar-refractivity contribution in [2.24, 2.45) is 5.92 Å². The van der Waals surface area contributed by atoms with E-state index in [-0.39, 0.29) is 17.7 Å². The van der Waals surface area contributed by atoms with E-state index >= 15 is 0 Å². The molecule has 2 amide bonds. The standard InChI is InChI=1S/C18H22N6O2/c25-17-4-3-14(12-19-17)18(26)24-9-7-23(8-10-24)16-11-15(20-13-21-16)22-5-1-2-6-22/h1-2,5-6,11,13-14H,3-4,7-10,12H2,(H,19,25). The van der Waals surface area contributed by atoms with E-state index in [1.807, 2.05) is 40.1 Å². The maximum atomic E-state index is 12.6. The van der Waals surface area contributed by atoms with Crippen LogP contribution in [0.15, 0.2) is 36.9 Å². The second-order valence-electron chi connectivity index (χ2n) is 6.68. The minimum atomic E-state index is -0.0846. The number of rotatable bonds is 3. The number of aromatic nitrogens is 3. The Hall–Kier alpha value is -2.90. The van der Waals surface area contributed by atoms with Gasteiger partial charge in [0, 0.05) is 57.6 Å². The Kier molecular flexibility index (Phi) is 4.55. The van der Waals surface area contributed by atoms with Crippen LogP contribution in [0.1, 0.15) is 12.8 Å². The van der Waals surface area contributed by atoms with Gasteiger partial charge in [-0.2, -0.15) is 0 Å². The number of carbonyl (C=O) groups excluding carboxylic acids is 2. The van der Waals surface area contributed by atoms with E-state index < -0.39 is 0 Å². The molecule has 0 saturated carbocycles. The Balaban J connectivity index is 1.37. The van der Waals surface area contributed by atoms with Crippen LogP contribution in [0.25, 0.3) is 5.82 Å². The fourth-order valence-corrected chi connectivity index (χ4v) is 3.50. The molecular formula is C18H22N6O2. The first-order valence-electron chi connectivity index (χ1n) is 8.96. The van der Waals surface area contributed by atoms with Crippen LogP contribution in [0.3, 0.4) is 0 Å². The predicted octanol–water partition coefficient (Wildman–Crippen LogP) is 0.442. The zero-order valence-corrected chi connectivity index (χ0v) is 14.5. The van der Waals surface area contributed by atoms with Gasteiger partial charge in [0.05, 0.1) is 5.92 Å². The van der Waals surface area contributed by atoms with Crippen molar-refractivity contribution in [2.45, 2.75) is 12.8 Å². The lowest BCUT2D eigenvalue weighted by atomic mass is 9.97. The van der Waals surface area contributed by atoms with E-state index in [1.165, 1.54) is 0 Å². The number of anilines is 1. The van der Waals surface area contributed by atoms with E-state index in [0.717, 1.165) is 24.7 Å². The Morgan fingerprint density at radius 2 is 1.81 bits per heavy atom. The van der Waals surface area contributed by atoms with Gasteiger partial charge in [-0.3, -0.25) is 9.59 Å². The van der Waals surface area contributed by atoms with Gasteiger partial charge in [0.25, 0.3) is 0 Å². The lowest BCUT2D eigenvalue weighted by Crippen LogP contribution is -2.52. The Morgan fingerprint density at radius 3 is 2.50 bits per heavy atom. The van der Waals surface area contributed by atoms with Crippen LogP contribution in [0.2, 0.25) is 0 Å². The molecule has 0 spiro atoms. The Bertz CT molecular complexity index is 773. The summed E-state index contributed by atoms with van der Waals surface area (Å²) in [5, 5.41) is 2.79. The third-order valence-electron chi connectivity index (χ3n) is 5.04. The van der Waals surface area contributed by atoms with Crippen molar-refractivity contribution < 1.29 is 9.59 Å². The highest BCUT2D eigenvalue weighted by molar-refractivity contribution is 5.84. The van der Waals surface area contributed by atoms with Crippen LogP contribution >= 0.6 is 0 Å². The number of hydrogen-bond acceptors (Lipinski definition) is 5. The SMILES string of the molecule is O=C1CCC(C(=O)N2CCN(c3cc(-n4cccc4)ncn3)CC2)CN1. The van der Waals surface area contributed by atoms with Crippen LogP contribution in [0.5, 0.6) is 0 Å². The molecule has 2 aliphatic rings. The van der Waals surface area contributed by atoms with Gasteiger partial charge >= 0.3 is 0 Å². The number of nitrogens with zero attached hydrogens (tertiary/aromatic N) is 5. The second kappa shape index (κ2) is 7.15. The molecule has 0 aliphatic carbocycles. The van der Waals surface area contributed by atoms with Crippen LogP contribution in [-0.2, 0) is 9.59 Å². The molecule has 2 aromatic rings. The van der Waals surface area contributed by atoms with E-state index in [1.54, 1.807) is 6.33 Å². The van der Waals surface area contributed by atoms with E-state index in [9.17, 15) is 9.59 Å². The molecule has 4 rings (SSSR count). The molecule has 0 radical (unpaired) electrons. The van der Waals surface area contributed by atoms with Crippen molar-refractivity contribution in [3.8, 4) is 5.82 Å². The summed E-state index contributed by atoms with van der Waals surface area (Å²) < 4.78 is 1.95. The maximum Gasteiger partial charge on any atom is 0.227 e. The number of hydrogen-bond donors (Lipinski definition) is 1. The molecule has 2 aliphatic heterocycles. The third-order valence-corrected chi connectivity index (χ3v) is 5.04. The summed E-state index contributed by atoms with van der Waals surface area (Å²) in [4.78, 5) is 36.7. The maximum absolute atomic E-state index is 12.6. The number of amides is 2. The molecule has 26 heavy (non-hydrogen) atoms. The lowest BCUT2D eigenvalue weighted by Gasteiger charge is -2.37. The number of piperazine rings is 1. The molecule has 136 valence electrons. The minimum Gasteiger partial charge on any atom is -0.355 e. The van der Waals surface area contributed by atoms with Crippen molar-refractivity contribution in [2.75, 3.05) is 37.6 Å². The van der Waals surface area contributed by atoms with Gasteiger partial charge in [0.1, 0.15) is 18.0 Å². The molecule has 1 N–H and O–H groups in total. The van der Waals surface area contributed by atoms with Crippen molar-refractivity contribution in [1.82, 2.24) is 24.8 Å². The fourth-order valence-electron chi connectivity index (χ4n) is 3.50. The number of carbonyl (C=O) groups is 2. The van der Waals surface area contributed by atoms with Crippen LogP contribution in [0, 0.1) is 5.92 Å². The third kappa shape index (κ3) is 3.40. The smallest absolute Gasteiger partial charge is 0.227 e. The van der Waals surface area contributed by atoms with Gasteiger partial charge in [-0.15, -0.1) is 0 Å². The summed E-state index contributed by atoms with van der Waals surface area (Å²) in [5.74, 6) is 1.82. The van der Waals surface area contributed by atoms with E-state index in [4.69, 9.17) is 0 Å². The summed E-state index contributed by atoms with van der Waals surface area (Å²) in [5.41, 5.74) is 0. The first-order valence-corrected chi connectivity index (χ1v) is 8.96. The number of piperidine rings is 1. The van der Waals surface area contributed by atoms with Gasteiger partial charge in [-0.1, -0.05) is 0 Å². The van der Waals surface area contributed by atoms with E-state index in [2.05, 4.69) is 20.2 Å². The van der Waals surface area contributed by atoms with Gasteiger partial charge in [0.15, 0.2) is 0 Å². The largest absolute Gasteiger partial charge is 0.355 e. The molecule has 2 aromatic heterocycles. The molecule has 1 unspecified atom stereocenters. The molecule has 1 atom stereocenters. The van der Waals surface area contributed by atoms with Gasteiger partial charge in [-0.05, 0) is 18.6 Å². The van der Waals surface area contributed by atoms with Gasteiger partial charge in [-0.25, -0.2) is 9.97 Å². The molecule has 2 saturated heterocycles. The lowest BCUT2D eigenvalue weighted by molar-refractivity contribution is -0.137.